The highest BCUT2D eigenvalue weighted by Crippen LogP contribution is 2.30. The van der Waals surface area contributed by atoms with Crippen LogP contribution in [0.5, 0.6) is 0 Å². The van der Waals surface area contributed by atoms with Crippen LogP contribution in [0.2, 0.25) is 0 Å². The van der Waals surface area contributed by atoms with Crippen molar-refractivity contribution in [1.82, 2.24) is 99.2 Å². The maximum absolute atomic E-state index is 13.3. The molecule has 0 radical (unpaired) electrons. The Labute approximate surface area is 686 Å². The second kappa shape index (κ2) is 47.3. The van der Waals surface area contributed by atoms with Crippen molar-refractivity contribution in [2.24, 2.45) is 0 Å². The summed E-state index contributed by atoms with van der Waals surface area (Å²) in [5, 5.41) is 57.7. The third-order valence-corrected chi connectivity index (χ3v) is 20.9. The standard InChI is InChI=1S/2C18H27FN4O.2C18H23N5.C17H21N5/c1-21(2)9-10-22(3)13-16-14-23(11-12-24-4)20-18(16)15-5-7-17(19)8-6-15;1-21(2)9-10-22(3)14-16-13-20-23(11-12-24-4)18(16)15-5-7-17(19)8-6-15;1-22(9-10-23(2)17-7-8-17)13-16-12-20-21-18(16)15-5-3-14(11-19)4-6-15;1-22(10-11-23-8-2-3-9-23)14-17-13-20-21-18(17)16-6-4-15(12-19)5-7-16;1-21(9-10-22-7-2-8-22)13-16-12-19-20-17(16)15-5-3-14(11-18)4-6-15/h5-8,14H,9-13H2,1-4H3;5-8,13H,9-12,14H2,1-4H3;3-6,12,17H,7-10,13H2,1-2H3,(H,20,21);4-7,13H,2-3,8-11,14H2,1H3,(H,20,21);3-6,12H,2,7-10,13H2,1H3,(H,19,20). The van der Waals surface area contributed by atoms with Gasteiger partial charge in [-0.25, -0.2) is 8.78 Å². The summed E-state index contributed by atoms with van der Waals surface area (Å²) in [6.45, 7) is 22.3. The second-order valence-electron chi connectivity index (χ2n) is 31.1. The summed E-state index contributed by atoms with van der Waals surface area (Å²) in [6.07, 6.45) is 16.4. The SMILES string of the molecule is CN(CCN(C)C1CC1)Cc1cn[nH]c1-c1ccc(C#N)cc1.CN(CCN1CCC1)Cc1cn[nH]c1-c1ccc(C#N)cc1.CN(CCN1CCCC1)Cc1cn[nH]c1-c1ccc(C#N)cc1.COCCn1cc(CN(C)CCN(C)C)c(-c2ccc(F)cc2)n1.COCCn1ncc(CN(C)CCN(C)C)c1-c1ccc(F)cc1. The van der Waals surface area contributed by atoms with E-state index in [1.54, 1.807) is 38.5 Å². The molecule has 2 aliphatic heterocycles. The topological polar surface area (TPSA) is 244 Å². The summed E-state index contributed by atoms with van der Waals surface area (Å²) in [7, 11) is 24.5. The maximum atomic E-state index is 13.3. The van der Waals surface area contributed by atoms with E-state index in [1.807, 2.05) is 107 Å². The molecule has 1 saturated carbocycles. The highest BCUT2D eigenvalue weighted by atomic mass is 19.1. The predicted molar refractivity (Wildman–Crippen MR) is 456 cm³/mol. The predicted octanol–water partition coefficient (Wildman–Crippen LogP) is 11.7. The molecule has 3 N–H and O–H groups in total. The number of likely N-dealkylation sites (tertiary alicyclic amines) is 2. The molecule has 618 valence electrons. The fraction of sp³-hybridized carbons (Fsp3) is 0.461. The minimum Gasteiger partial charge on any atom is -0.383 e. The second-order valence-corrected chi connectivity index (χ2v) is 31.1. The molecule has 25 nitrogen and oxygen atoms in total. The molecule has 3 aliphatic rings. The highest BCUT2D eigenvalue weighted by molar-refractivity contribution is 5.67. The number of rotatable bonds is 37. The zero-order valence-electron chi connectivity index (χ0n) is 70.3. The van der Waals surface area contributed by atoms with Crippen LogP contribution >= 0.6 is 0 Å². The Morgan fingerprint density at radius 3 is 1.17 bits per heavy atom. The van der Waals surface area contributed by atoms with E-state index in [4.69, 9.17) is 25.3 Å². The third-order valence-electron chi connectivity index (χ3n) is 20.9. The van der Waals surface area contributed by atoms with Crippen molar-refractivity contribution < 1.29 is 18.3 Å². The molecular weight excluding hydrogens is 1460 g/mol. The Balaban J connectivity index is 0.000000166. The quantitative estimate of drug-likeness (QED) is 0.0328. The van der Waals surface area contributed by atoms with Crippen LogP contribution in [0.1, 0.15) is 76.6 Å². The van der Waals surface area contributed by atoms with Gasteiger partial charge in [-0.1, -0.05) is 36.4 Å². The molecular formula is C89H121F2N23O2. The number of benzene rings is 5. The summed E-state index contributed by atoms with van der Waals surface area (Å²) < 4.78 is 40.6. The van der Waals surface area contributed by atoms with Gasteiger partial charge in [-0.05, 0) is 230 Å². The van der Waals surface area contributed by atoms with Gasteiger partial charge in [0.1, 0.15) is 11.6 Å². The summed E-state index contributed by atoms with van der Waals surface area (Å²) in [6, 6.07) is 43.2. The zero-order valence-corrected chi connectivity index (χ0v) is 70.3. The minimum atomic E-state index is -0.234. The van der Waals surface area contributed by atoms with Crippen LogP contribution in [-0.4, -0.2) is 295 Å². The summed E-state index contributed by atoms with van der Waals surface area (Å²) in [5.74, 6) is -0.464. The molecule has 0 atom stereocenters. The van der Waals surface area contributed by atoms with Gasteiger partial charge in [0.2, 0.25) is 0 Å². The number of H-pyrrole nitrogens is 3. The summed E-state index contributed by atoms with van der Waals surface area (Å²) in [5.41, 5.74) is 18.1. The van der Waals surface area contributed by atoms with Gasteiger partial charge in [0, 0.05) is 164 Å². The molecule has 0 amide bonds. The van der Waals surface area contributed by atoms with Gasteiger partial charge in [-0.2, -0.15) is 41.3 Å². The summed E-state index contributed by atoms with van der Waals surface area (Å²) in [4.78, 5) is 23.3. The van der Waals surface area contributed by atoms with Crippen molar-refractivity contribution in [2.75, 3.05) is 190 Å². The van der Waals surface area contributed by atoms with Crippen LogP contribution in [0, 0.1) is 45.6 Å². The molecule has 5 aromatic heterocycles. The number of hydrogen-bond acceptors (Lipinski definition) is 20. The molecule has 0 bridgehead atoms. The molecule has 0 unspecified atom stereocenters. The maximum Gasteiger partial charge on any atom is 0.123 e. The first-order valence-electron chi connectivity index (χ1n) is 40.3. The molecule has 2 saturated heterocycles. The third kappa shape index (κ3) is 29.3. The van der Waals surface area contributed by atoms with E-state index in [0.29, 0.717) is 43.0 Å². The van der Waals surface area contributed by atoms with Crippen LogP contribution in [0.4, 0.5) is 8.78 Å². The number of hydrogen-bond donors (Lipinski definition) is 3. The lowest BCUT2D eigenvalue weighted by Gasteiger charge is -2.32. The van der Waals surface area contributed by atoms with E-state index in [9.17, 15) is 8.78 Å². The number of nitriles is 3. The Morgan fingerprint density at radius 1 is 0.414 bits per heavy atom. The first-order chi connectivity index (χ1) is 56.2. The molecule has 5 aromatic carbocycles. The van der Waals surface area contributed by atoms with Crippen molar-refractivity contribution in [3.8, 4) is 74.5 Å². The average molecular weight is 1580 g/mol. The zero-order chi connectivity index (χ0) is 82.7. The van der Waals surface area contributed by atoms with E-state index in [-0.39, 0.29) is 11.6 Å². The fourth-order valence-corrected chi connectivity index (χ4v) is 13.6. The van der Waals surface area contributed by atoms with Crippen LogP contribution in [0.15, 0.2) is 152 Å². The van der Waals surface area contributed by atoms with E-state index in [1.165, 1.54) is 99.2 Å². The number of ether oxygens (including phenoxy) is 2. The fourth-order valence-electron chi connectivity index (χ4n) is 13.6. The van der Waals surface area contributed by atoms with Crippen molar-refractivity contribution in [3.63, 3.8) is 0 Å². The van der Waals surface area contributed by atoms with Crippen molar-refractivity contribution in [1.29, 1.82) is 15.8 Å². The summed E-state index contributed by atoms with van der Waals surface area (Å²) >= 11 is 0. The molecule has 10 aromatic rings. The lowest BCUT2D eigenvalue weighted by molar-refractivity contribution is 0.156. The Morgan fingerprint density at radius 2 is 0.784 bits per heavy atom. The smallest absolute Gasteiger partial charge is 0.123 e. The molecule has 27 heteroatoms. The van der Waals surface area contributed by atoms with E-state index in [2.05, 4.69) is 185 Å². The van der Waals surface area contributed by atoms with Gasteiger partial charge in [0.15, 0.2) is 0 Å². The number of aromatic amines is 3. The van der Waals surface area contributed by atoms with Crippen LogP contribution < -0.4 is 0 Å². The van der Waals surface area contributed by atoms with Crippen LogP contribution in [0.25, 0.3) is 56.3 Å². The van der Waals surface area contributed by atoms with Gasteiger partial charge in [0.05, 0.1) is 114 Å². The molecule has 7 heterocycles. The van der Waals surface area contributed by atoms with Gasteiger partial charge < -0.3 is 58.5 Å². The molecule has 116 heavy (non-hydrogen) atoms. The molecule has 1 aliphatic carbocycles. The lowest BCUT2D eigenvalue weighted by Crippen LogP contribution is -2.41. The lowest BCUT2D eigenvalue weighted by atomic mass is 10.1. The number of aromatic nitrogens is 10. The monoisotopic (exact) mass is 1580 g/mol. The van der Waals surface area contributed by atoms with E-state index >= 15 is 0 Å². The Kier molecular flexibility index (Phi) is 36.6. The number of methoxy groups -OCH3 is 2. The van der Waals surface area contributed by atoms with Crippen molar-refractivity contribution in [2.45, 2.75) is 84.0 Å². The van der Waals surface area contributed by atoms with Gasteiger partial charge >= 0.3 is 0 Å². The van der Waals surface area contributed by atoms with Crippen LogP contribution in [0.3, 0.4) is 0 Å². The molecule has 3 fully saturated rings. The Bertz CT molecular complexity index is 4470. The van der Waals surface area contributed by atoms with Crippen molar-refractivity contribution >= 4 is 0 Å². The van der Waals surface area contributed by atoms with Crippen molar-refractivity contribution in [3.05, 3.63) is 208 Å². The minimum absolute atomic E-state index is 0.230. The first kappa shape index (κ1) is 89.9. The van der Waals surface area contributed by atoms with Crippen LogP contribution in [-0.2, 0) is 55.3 Å². The largest absolute Gasteiger partial charge is 0.383 e. The molecule has 13 rings (SSSR count). The number of halogens is 2. The van der Waals surface area contributed by atoms with E-state index < -0.39 is 0 Å². The number of likely N-dealkylation sites (N-methyl/N-ethyl adjacent to an activating group) is 8. The van der Waals surface area contributed by atoms with Gasteiger partial charge in [0.25, 0.3) is 0 Å². The van der Waals surface area contributed by atoms with Gasteiger partial charge in [-0.3, -0.25) is 24.7 Å². The first-order valence-corrected chi connectivity index (χ1v) is 40.3. The number of nitrogens with one attached hydrogen (secondary N) is 3. The number of nitrogens with zero attached hydrogens (tertiary/aromatic N) is 20. The van der Waals surface area contributed by atoms with E-state index in [0.717, 1.165) is 172 Å². The van der Waals surface area contributed by atoms with Gasteiger partial charge in [-0.15, -0.1) is 0 Å². The Hall–Kier alpha value is -10.0. The highest BCUT2D eigenvalue weighted by Gasteiger charge is 2.26. The average Bonchev–Trinajstić information content (AvgIpc) is 1.67. The molecule has 0 spiro atoms. The normalized spacial score (nSPS) is 13.5.